The number of hydrogen-bond donors (Lipinski definition) is 1. The third-order valence-corrected chi connectivity index (χ3v) is 3.30. The predicted octanol–water partition coefficient (Wildman–Crippen LogP) is 4.26. The fraction of sp³-hybridized carbons (Fsp3) is 0.333. The molecule has 0 spiro atoms. The number of nitrogens with one attached hydrogen (secondary N) is 1. The molecule has 0 radical (unpaired) electrons. The number of carbonyl (C=O) groups excluding carboxylic acids is 1. The van der Waals surface area contributed by atoms with Crippen molar-refractivity contribution in [1.29, 1.82) is 0 Å². The summed E-state index contributed by atoms with van der Waals surface area (Å²) in [6.07, 6.45) is 0. The Morgan fingerprint density at radius 3 is 2.50 bits per heavy atom. The van der Waals surface area contributed by atoms with Crippen LogP contribution < -0.4 is 10.1 Å². The van der Waals surface area contributed by atoms with Crippen LogP contribution in [0.5, 0.6) is 5.95 Å². The van der Waals surface area contributed by atoms with E-state index in [1.54, 1.807) is 45.0 Å². The van der Waals surface area contributed by atoms with Crippen molar-refractivity contribution in [1.82, 2.24) is 0 Å². The van der Waals surface area contributed by atoms with Crippen molar-refractivity contribution < 1.29 is 27.8 Å². The van der Waals surface area contributed by atoms with Crippen LogP contribution in [-0.2, 0) is 20.9 Å². The molecule has 0 bridgehead atoms. The molecule has 0 aliphatic rings. The zero-order valence-corrected chi connectivity index (χ0v) is 15.5. The second kappa shape index (κ2) is 8.66. The van der Waals surface area contributed by atoms with Gasteiger partial charge in [-0.2, -0.15) is 0 Å². The Kier molecular flexibility index (Phi) is 6.57. The molecule has 0 unspecified atom stereocenters. The van der Waals surface area contributed by atoms with E-state index in [9.17, 15) is 9.18 Å². The van der Waals surface area contributed by atoms with Gasteiger partial charge >= 0.3 is 5.97 Å². The van der Waals surface area contributed by atoms with Crippen molar-refractivity contribution >= 4 is 29.0 Å². The standard InChI is InChI=1S/C18H20FNO5S/c1-18(2,3)16(21)24-11-23-15-9-8-14(25-15)10-22-17(26)20-13-6-4-12(19)5-7-13/h4-9H,10-11H2,1-3H3,(H,20,26). The number of thiocarbonyl (C=S) groups is 1. The molecule has 0 aliphatic heterocycles. The summed E-state index contributed by atoms with van der Waals surface area (Å²) in [6.45, 7) is 5.09. The van der Waals surface area contributed by atoms with Crippen molar-refractivity contribution in [3.8, 4) is 5.95 Å². The van der Waals surface area contributed by atoms with Gasteiger partial charge in [0.25, 0.3) is 11.1 Å². The first kappa shape index (κ1) is 19.7. The molecule has 1 aromatic carbocycles. The van der Waals surface area contributed by atoms with Crippen molar-refractivity contribution in [3.63, 3.8) is 0 Å². The van der Waals surface area contributed by atoms with E-state index in [-0.39, 0.29) is 36.3 Å². The molecule has 140 valence electrons. The molecular weight excluding hydrogens is 361 g/mol. The quantitative estimate of drug-likeness (QED) is 0.455. The molecule has 0 saturated heterocycles. The van der Waals surface area contributed by atoms with Gasteiger partial charge in [0.2, 0.25) is 6.79 Å². The summed E-state index contributed by atoms with van der Waals surface area (Å²) in [7, 11) is 0. The van der Waals surface area contributed by atoms with Crippen LogP contribution in [-0.4, -0.2) is 17.9 Å². The Morgan fingerprint density at radius 1 is 1.15 bits per heavy atom. The van der Waals surface area contributed by atoms with E-state index < -0.39 is 5.41 Å². The third-order valence-electron chi connectivity index (χ3n) is 3.08. The fourth-order valence-electron chi connectivity index (χ4n) is 1.69. The highest BCUT2D eigenvalue weighted by atomic mass is 32.1. The smallest absolute Gasteiger partial charge is 0.314 e. The van der Waals surface area contributed by atoms with Crippen molar-refractivity contribution in [2.45, 2.75) is 27.4 Å². The van der Waals surface area contributed by atoms with Crippen LogP contribution in [0.25, 0.3) is 0 Å². The highest BCUT2D eigenvalue weighted by molar-refractivity contribution is 7.80. The Labute approximate surface area is 156 Å². The normalized spacial score (nSPS) is 10.9. The predicted molar refractivity (Wildman–Crippen MR) is 97.2 cm³/mol. The van der Waals surface area contributed by atoms with Crippen LogP contribution >= 0.6 is 12.2 Å². The summed E-state index contributed by atoms with van der Waals surface area (Å²) in [5.74, 6) is -0.0309. The van der Waals surface area contributed by atoms with E-state index in [1.165, 1.54) is 12.1 Å². The number of furan rings is 1. The van der Waals surface area contributed by atoms with Gasteiger partial charge in [-0.1, -0.05) is 0 Å². The van der Waals surface area contributed by atoms with Crippen LogP contribution in [0.3, 0.4) is 0 Å². The maximum absolute atomic E-state index is 12.8. The maximum Gasteiger partial charge on any atom is 0.314 e. The first-order valence-corrected chi connectivity index (χ1v) is 8.23. The molecule has 2 rings (SSSR count). The number of anilines is 1. The zero-order valence-electron chi connectivity index (χ0n) is 14.7. The Morgan fingerprint density at radius 2 is 1.85 bits per heavy atom. The molecule has 1 aromatic heterocycles. The van der Waals surface area contributed by atoms with Gasteiger partial charge in [-0.3, -0.25) is 4.79 Å². The largest absolute Gasteiger partial charge is 0.463 e. The summed E-state index contributed by atoms with van der Waals surface area (Å²) < 4.78 is 33.8. The van der Waals surface area contributed by atoms with Gasteiger partial charge in [-0.05, 0) is 63.3 Å². The fourth-order valence-corrected chi connectivity index (χ4v) is 1.87. The van der Waals surface area contributed by atoms with Gasteiger partial charge in [0.05, 0.1) is 5.41 Å². The molecule has 26 heavy (non-hydrogen) atoms. The number of benzene rings is 1. The number of hydrogen-bond acceptors (Lipinski definition) is 6. The number of rotatable bonds is 6. The second-order valence-corrected chi connectivity index (χ2v) is 6.74. The highest BCUT2D eigenvalue weighted by Gasteiger charge is 2.23. The SMILES string of the molecule is CC(C)(C)C(=O)OCOc1ccc(COC(=S)Nc2ccc(F)cc2)o1. The molecular formula is C18H20FNO5S. The third kappa shape index (κ3) is 6.36. The molecule has 8 heteroatoms. The van der Waals surface area contributed by atoms with E-state index in [1.807, 2.05) is 0 Å². The minimum atomic E-state index is -0.598. The summed E-state index contributed by atoms with van der Waals surface area (Å²) >= 11 is 5.05. The van der Waals surface area contributed by atoms with E-state index in [4.69, 9.17) is 30.8 Å². The lowest BCUT2D eigenvalue weighted by Crippen LogP contribution is -2.24. The topological polar surface area (TPSA) is 69.9 Å². The first-order valence-electron chi connectivity index (χ1n) is 7.82. The molecule has 0 fully saturated rings. The Balaban J connectivity index is 1.73. The van der Waals surface area contributed by atoms with Crippen molar-refractivity contribution in [2.75, 3.05) is 12.1 Å². The van der Waals surface area contributed by atoms with Crippen LogP contribution in [0.2, 0.25) is 0 Å². The minimum Gasteiger partial charge on any atom is -0.463 e. The maximum atomic E-state index is 12.8. The highest BCUT2D eigenvalue weighted by Crippen LogP contribution is 2.19. The number of carbonyl (C=O) groups is 1. The minimum absolute atomic E-state index is 0.0815. The lowest BCUT2D eigenvalue weighted by atomic mass is 9.98. The van der Waals surface area contributed by atoms with Gasteiger partial charge < -0.3 is 23.9 Å². The average molecular weight is 381 g/mol. The molecule has 1 N–H and O–H groups in total. The van der Waals surface area contributed by atoms with Crippen molar-refractivity contribution in [3.05, 3.63) is 48.0 Å². The van der Waals surface area contributed by atoms with Crippen LogP contribution in [0.1, 0.15) is 26.5 Å². The van der Waals surface area contributed by atoms with Gasteiger partial charge in [0, 0.05) is 11.8 Å². The molecule has 0 aliphatic carbocycles. The van der Waals surface area contributed by atoms with Crippen molar-refractivity contribution in [2.24, 2.45) is 5.41 Å². The second-order valence-electron chi connectivity index (χ2n) is 6.37. The Hall–Kier alpha value is -2.61. The summed E-state index contributed by atoms with van der Waals surface area (Å²) in [6, 6.07) is 8.95. The molecule has 6 nitrogen and oxygen atoms in total. The van der Waals surface area contributed by atoms with Crippen LogP contribution in [0.4, 0.5) is 10.1 Å². The number of esters is 1. The molecule has 0 amide bonds. The first-order chi connectivity index (χ1) is 12.2. The molecule has 0 saturated carbocycles. The van der Waals surface area contributed by atoms with Crippen LogP contribution in [0.15, 0.2) is 40.8 Å². The zero-order chi connectivity index (χ0) is 19.2. The van der Waals surface area contributed by atoms with Crippen LogP contribution in [0, 0.1) is 11.2 Å². The molecule has 2 aromatic rings. The number of halogens is 1. The summed E-state index contributed by atoms with van der Waals surface area (Å²) in [5.41, 5.74) is 0.0131. The van der Waals surface area contributed by atoms with E-state index in [0.29, 0.717) is 11.4 Å². The number of ether oxygens (including phenoxy) is 3. The lowest BCUT2D eigenvalue weighted by Gasteiger charge is -2.16. The average Bonchev–Trinajstić information content (AvgIpc) is 3.02. The summed E-state index contributed by atoms with van der Waals surface area (Å²) in [5, 5.41) is 2.94. The van der Waals surface area contributed by atoms with E-state index >= 15 is 0 Å². The van der Waals surface area contributed by atoms with Gasteiger partial charge in [0.15, 0.2) is 0 Å². The van der Waals surface area contributed by atoms with Gasteiger partial charge in [-0.25, -0.2) is 4.39 Å². The van der Waals surface area contributed by atoms with E-state index in [2.05, 4.69) is 5.32 Å². The summed E-state index contributed by atoms with van der Waals surface area (Å²) in [4.78, 5) is 11.6. The van der Waals surface area contributed by atoms with Gasteiger partial charge in [0.1, 0.15) is 18.2 Å². The lowest BCUT2D eigenvalue weighted by molar-refractivity contribution is -0.160. The molecule has 1 heterocycles. The van der Waals surface area contributed by atoms with E-state index in [0.717, 1.165) is 0 Å². The molecule has 0 atom stereocenters. The monoisotopic (exact) mass is 381 g/mol. The Bertz CT molecular complexity index is 752. The van der Waals surface area contributed by atoms with Gasteiger partial charge in [-0.15, -0.1) is 0 Å².